The third kappa shape index (κ3) is 5.06. The van der Waals surface area contributed by atoms with E-state index in [1.807, 2.05) is 5.38 Å². The second-order valence-corrected chi connectivity index (χ2v) is 6.55. The number of rotatable bonds is 1. The van der Waals surface area contributed by atoms with Crippen LogP contribution < -0.4 is 0 Å². The number of aryl methyl sites for hydroxylation is 1. The third-order valence-corrected chi connectivity index (χ3v) is 4.64. The largest absolute Gasteiger partial charge is 0.297 e. The summed E-state index contributed by atoms with van der Waals surface area (Å²) in [5.41, 5.74) is 0. The average Bonchev–Trinajstić information content (AvgIpc) is 2.76. The molecule has 2 aromatic heterocycles. The molecule has 0 aliphatic heterocycles. The fraction of sp³-hybridized carbons (Fsp3) is 0.100. The molecule has 0 atom stereocenters. The van der Waals surface area contributed by atoms with Crippen molar-refractivity contribution in [2.75, 3.05) is 0 Å². The molecule has 0 bridgehead atoms. The van der Waals surface area contributed by atoms with Crippen LogP contribution in [0.1, 0.15) is 14.5 Å². The average molecular weight is 368 g/mol. The van der Waals surface area contributed by atoms with Crippen LogP contribution in [0.25, 0.3) is 0 Å². The van der Waals surface area contributed by atoms with Gasteiger partial charge in [-0.15, -0.1) is 22.7 Å². The second-order valence-electron chi connectivity index (χ2n) is 2.66. The molecule has 0 saturated heterocycles. The van der Waals surface area contributed by atoms with E-state index in [0.29, 0.717) is 0 Å². The van der Waals surface area contributed by atoms with Crippen molar-refractivity contribution in [1.82, 2.24) is 0 Å². The van der Waals surface area contributed by atoms with Gasteiger partial charge in [-0.05, 0) is 50.9 Å². The van der Waals surface area contributed by atoms with Gasteiger partial charge in [0.1, 0.15) is 0 Å². The molecule has 0 unspecified atom stereocenters. The monoisotopic (exact) mass is 366 g/mol. The van der Waals surface area contributed by atoms with Crippen LogP contribution >= 0.6 is 54.5 Å². The lowest BCUT2D eigenvalue weighted by Gasteiger charge is -1.68. The summed E-state index contributed by atoms with van der Waals surface area (Å²) < 4.78 is 2.17. The van der Waals surface area contributed by atoms with E-state index in [1.54, 1.807) is 17.4 Å². The molecule has 0 fully saturated rings. The molecule has 1 nitrogen and oxygen atoms in total. The fourth-order valence-electron chi connectivity index (χ4n) is 0.802. The quantitative estimate of drug-likeness (QED) is 0.637. The fourth-order valence-corrected chi connectivity index (χ4v) is 3.38. The first-order chi connectivity index (χ1) is 7.11. The molecule has 5 heteroatoms. The molecule has 15 heavy (non-hydrogen) atoms. The maximum atomic E-state index is 10.0. The van der Waals surface area contributed by atoms with E-state index in [1.165, 1.54) is 20.7 Å². The number of hydrogen-bond donors (Lipinski definition) is 0. The van der Waals surface area contributed by atoms with Crippen LogP contribution in [0.3, 0.4) is 0 Å². The van der Waals surface area contributed by atoms with Gasteiger partial charge in [0.25, 0.3) is 0 Å². The van der Waals surface area contributed by atoms with E-state index < -0.39 is 0 Å². The molecule has 0 aliphatic rings. The Morgan fingerprint density at radius 2 is 1.73 bits per heavy atom. The van der Waals surface area contributed by atoms with E-state index in [9.17, 15) is 4.79 Å². The van der Waals surface area contributed by atoms with Gasteiger partial charge < -0.3 is 0 Å². The molecule has 0 radical (unpaired) electrons. The summed E-state index contributed by atoms with van der Waals surface area (Å²) in [6.45, 7) is 2.09. The highest BCUT2D eigenvalue weighted by atomic mass is 79.9. The Morgan fingerprint density at radius 1 is 1.13 bits per heavy atom. The standard InChI is InChI=1S/C5H3BrOS.C5H5BrS/c6-4-1-5(2-7)8-3-4;1-4-2-5(6)3-7-4/h1-3H;2-3H,1H3. The highest BCUT2D eigenvalue weighted by Gasteiger charge is 1.91. The van der Waals surface area contributed by atoms with Crippen LogP contribution in [-0.4, -0.2) is 6.29 Å². The zero-order valence-electron chi connectivity index (χ0n) is 7.87. The molecule has 80 valence electrons. The predicted octanol–water partition coefficient (Wildman–Crippen LogP) is 5.14. The topological polar surface area (TPSA) is 17.1 Å². The number of aldehydes is 1. The van der Waals surface area contributed by atoms with Gasteiger partial charge in [0.05, 0.1) is 4.88 Å². The van der Waals surface area contributed by atoms with Gasteiger partial charge in [0.2, 0.25) is 0 Å². The lowest BCUT2D eigenvalue weighted by atomic mass is 10.5. The Labute approximate surface area is 113 Å². The van der Waals surface area contributed by atoms with Crippen LogP contribution in [-0.2, 0) is 0 Å². The molecular weight excluding hydrogens is 360 g/mol. The number of carbonyl (C=O) groups is 1. The van der Waals surface area contributed by atoms with E-state index in [0.717, 1.165) is 15.6 Å². The molecule has 0 aromatic carbocycles. The summed E-state index contributed by atoms with van der Waals surface area (Å²) in [5.74, 6) is 0. The predicted molar refractivity (Wildman–Crippen MR) is 74.2 cm³/mol. The Morgan fingerprint density at radius 3 is 1.93 bits per heavy atom. The van der Waals surface area contributed by atoms with Gasteiger partial charge in [-0.3, -0.25) is 4.79 Å². The highest BCUT2D eigenvalue weighted by Crippen LogP contribution is 2.18. The SMILES string of the molecule is Cc1cc(Br)cs1.O=Cc1cc(Br)cs1. The number of thiophene rings is 2. The molecule has 2 rings (SSSR count). The lowest BCUT2D eigenvalue weighted by Crippen LogP contribution is -1.62. The molecule has 2 heterocycles. The van der Waals surface area contributed by atoms with Crippen LogP contribution in [0, 0.1) is 6.92 Å². The molecule has 0 N–H and O–H groups in total. The van der Waals surface area contributed by atoms with Gasteiger partial charge in [-0.25, -0.2) is 0 Å². The summed E-state index contributed by atoms with van der Waals surface area (Å²) in [6, 6.07) is 3.89. The molecular formula is C10H8Br2OS2. The van der Waals surface area contributed by atoms with Crippen LogP contribution in [0.15, 0.2) is 31.8 Å². The normalized spacial score (nSPS) is 9.27. The van der Waals surface area contributed by atoms with Crippen molar-refractivity contribution >= 4 is 60.8 Å². The maximum absolute atomic E-state index is 10.0. The Balaban J connectivity index is 0.000000151. The van der Waals surface area contributed by atoms with Gasteiger partial charge in [0.15, 0.2) is 6.29 Å². The van der Waals surface area contributed by atoms with Crippen molar-refractivity contribution < 1.29 is 4.79 Å². The van der Waals surface area contributed by atoms with Crippen LogP contribution in [0.4, 0.5) is 0 Å². The first-order valence-corrected chi connectivity index (χ1v) is 7.36. The minimum atomic E-state index is 0.761. The van der Waals surface area contributed by atoms with Gasteiger partial charge >= 0.3 is 0 Å². The Kier molecular flexibility index (Phi) is 5.74. The van der Waals surface area contributed by atoms with E-state index >= 15 is 0 Å². The first kappa shape index (κ1) is 13.1. The Bertz CT molecular complexity index is 418. The van der Waals surface area contributed by atoms with Gasteiger partial charge in [-0.2, -0.15) is 0 Å². The highest BCUT2D eigenvalue weighted by molar-refractivity contribution is 9.10. The van der Waals surface area contributed by atoms with Crippen molar-refractivity contribution in [3.05, 3.63) is 41.6 Å². The van der Waals surface area contributed by atoms with Crippen LogP contribution in [0.5, 0.6) is 0 Å². The minimum absolute atomic E-state index is 0.761. The molecule has 0 spiro atoms. The maximum Gasteiger partial charge on any atom is 0.160 e. The van der Waals surface area contributed by atoms with E-state index in [4.69, 9.17) is 0 Å². The molecule has 2 aromatic rings. The van der Waals surface area contributed by atoms with E-state index in [2.05, 4.69) is 50.2 Å². The number of carbonyl (C=O) groups excluding carboxylic acids is 1. The first-order valence-electron chi connectivity index (χ1n) is 4.01. The van der Waals surface area contributed by atoms with Crippen molar-refractivity contribution in [2.24, 2.45) is 0 Å². The summed E-state index contributed by atoms with van der Waals surface area (Å²) in [6.07, 6.45) is 0.843. The van der Waals surface area contributed by atoms with E-state index in [-0.39, 0.29) is 0 Å². The third-order valence-electron chi connectivity index (χ3n) is 1.40. The van der Waals surface area contributed by atoms with Gasteiger partial charge in [0, 0.05) is 24.6 Å². The number of halogens is 2. The minimum Gasteiger partial charge on any atom is -0.297 e. The zero-order valence-corrected chi connectivity index (χ0v) is 12.7. The smallest absolute Gasteiger partial charge is 0.160 e. The molecule has 0 saturated carbocycles. The van der Waals surface area contributed by atoms with Crippen molar-refractivity contribution in [3.63, 3.8) is 0 Å². The summed E-state index contributed by atoms with van der Waals surface area (Å²) in [5, 5.41) is 3.96. The van der Waals surface area contributed by atoms with Crippen molar-refractivity contribution in [2.45, 2.75) is 6.92 Å². The zero-order chi connectivity index (χ0) is 11.3. The molecule has 0 amide bonds. The summed E-state index contributed by atoms with van der Waals surface area (Å²) in [4.78, 5) is 12.1. The van der Waals surface area contributed by atoms with Gasteiger partial charge in [-0.1, -0.05) is 0 Å². The lowest BCUT2D eigenvalue weighted by molar-refractivity contribution is 0.112. The van der Waals surface area contributed by atoms with Crippen LogP contribution in [0.2, 0.25) is 0 Å². The summed E-state index contributed by atoms with van der Waals surface area (Å²) >= 11 is 9.76. The van der Waals surface area contributed by atoms with Crippen molar-refractivity contribution in [3.8, 4) is 0 Å². The Hall–Kier alpha value is 0.0300. The number of hydrogen-bond acceptors (Lipinski definition) is 3. The molecule has 0 aliphatic carbocycles. The second kappa shape index (κ2) is 6.58. The summed E-state index contributed by atoms with van der Waals surface area (Å²) in [7, 11) is 0. The van der Waals surface area contributed by atoms with Crippen molar-refractivity contribution in [1.29, 1.82) is 0 Å².